The summed E-state index contributed by atoms with van der Waals surface area (Å²) in [5.41, 5.74) is 0.668. The van der Waals surface area contributed by atoms with E-state index < -0.39 is 12.1 Å². The summed E-state index contributed by atoms with van der Waals surface area (Å²) in [4.78, 5) is 1.85. The molecular weight excluding hydrogens is 274 g/mol. The lowest BCUT2D eigenvalue weighted by atomic mass is 10.0. The van der Waals surface area contributed by atoms with Crippen molar-refractivity contribution < 1.29 is 13.5 Å². The first-order valence-electron chi connectivity index (χ1n) is 6.13. The molecule has 0 amide bonds. The van der Waals surface area contributed by atoms with Crippen LogP contribution in [0.4, 0.5) is 14.5 Å². The SMILES string of the molecule is CNC1CC(F)(F)CCN1c1c(Cl)cccc1OC. The van der Waals surface area contributed by atoms with E-state index in [1.165, 1.54) is 0 Å². The zero-order chi connectivity index (χ0) is 14.0. The summed E-state index contributed by atoms with van der Waals surface area (Å²) in [6.07, 6.45) is -0.880. The fourth-order valence-electron chi connectivity index (χ4n) is 2.40. The fourth-order valence-corrected chi connectivity index (χ4v) is 2.67. The summed E-state index contributed by atoms with van der Waals surface area (Å²) < 4.78 is 32.2. The summed E-state index contributed by atoms with van der Waals surface area (Å²) in [7, 11) is 3.21. The number of nitrogens with one attached hydrogen (secondary N) is 1. The molecule has 106 valence electrons. The van der Waals surface area contributed by atoms with E-state index in [2.05, 4.69) is 5.32 Å². The maximum atomic E-state index is 13.5. The van der Waals surface area contributed by atoms with Crippen LogP contribution in [0.25, 0.3) is 0 Å². The minimum absolute atomic E-state index is 0.181. The van der Waals surface area contributed by atoms with Crippen molar-refractivity contribution in [3.05, 3.63) is 23.2 Å². The standard InChI is InChI=1S/C13H17ClF2N2O/c1-17-11-8-13(15,16)6-7-18(11)12-9(14)4-3-5-10(12)19-2/h3-5,11,17H,6-8H2,1-2H3. The number of nitrogens with zero attached hydrogens (tertiary/aromatic N) is 1. The summed E-state index contributed by atoms with van der Waals surface area (Å²) in [5, 5.41) is 3.42. The van der Waals surface area contributed by atoms with Crippen molar-refractivity contribution in [3.8, 4) is 5.75 Å². The van der Waals surface area contributed by atoms with E-state index in [9.17, 15) is 8.78 Å². The van der Waals surface area contributed by atoms with Gasteiger partial charge >= 0.3 is 0 Å². The van der Waals surface area contributed by atoms with Crippen molar-refractivity contribution in [2.45, 2.75) is 24.9 Å². The Labute approximate surface area is 116 Å². The number of hydrogen-bond acceptors (Lipinski definition) is 3. The molecule has 1 heterocycles. The van der Waals surface area contributed by atoms with Gasteiger partial charge in [0.1, 0.15) is 5.75 Å². The van der Waals surface area contributed by atoms with E-state index >= 15 is 0 Å². The van der Waals surface area contributed by atoms with Gasteiger partial charge in [-0.1, -0.05) is 17.7 Å². The molecule has 1 N–H and O–H groups in total. The maximum Gasteiger partial charge on any atom is 0.253 e. The third kappa shape index (κ3) is 2.92. The van der Waals surface area contributed by atoms with E-state index in [-0.39, 0.29) is 19.4 Å². The molecule has 0 saturated carbocycles. The van der Waals surface area contributed by atoms with Gasteiger partial charge in [-0.2, -0.15) is 0 Å². The lowest BCUT2D eigenvalue weighted by Gasteiger charge is -2.41. The van der Waals surface area contributed by atoms with Crippen LogP contribution in [0, 0.1) is 0 Å². The molecule has 6 heteroatoms. The Morgan fingerprint density at radius 3 is 2.84 bits per heavy atom. The van der Waals surface area contributed by atoms with Crippen LogP contribution in [0.5, 0.6) is 5.75 Å². The van der Waals surface area contributed by atoms with Crippen LogP contribution in [0.1, 0.15) is 12.8 Å². The number of benzene rings is 1. The second-order valence-electron chi connectivity index (χ2n) is 4.60. The average molecular weight is 291 g/mol. The molecule has 0 aliphatic carbocycles. The Morgan fingerprint density at radius 2 is 2.21 bits per heavy atom. The van der Waals surface area contributed by atoms with E-state index in [0.29, 0.717) is 16.5 Å². The Bertz CT molecular complexity index is 456. The van der Waals surface area contributed by atoms with Crippen molar-refractivity contribution in [2.75, 3.05) is 25.6 Å². The molecule has 0 radical (unpaired) electrons. The molecule has 0 bridgehead atoms. The molecular formula is C13H17ClF2N2O. The highest BCUT2D eigenvalue weighted by Gasteiger charge is 2.40. The number of alkyl halides is 2. The largest absolute Gasteiger partial charge is 0.495 e. The van der Waals surface area contributed by atoms with Gasteiger partial charge < -0.3 is 15.0 Å². The van der Waals surface area contributed by atoms with Crippen LogP contribution >= 0.6 is 11.6 Å². The zero-order valence-electron chi connectivity index (χ0n) is 10.9. The molecule has 1 aliphatic rings. The highest BCUT2D eigenvalue weighted by atomic mass is 35.5. The van der Waals surface area contributed by atoms with Crippen molar-refractivity contribution >= 4 is 17.3 Å². The van der Waals surface area contributed by atoms with E-state index in [1.54, 1.807) is 32.4 Å². The second-order valence-corrected chi connectivity index (χ2v) is 5.01. The minimum atomic E-state index is -2.64. The smallest absolute Gasteiger partial charge is 0.253 e. The number of rotatable bonds is 3. The first-order valence-corrected chi connectivity index (χ1v) is 6.50. The number of halogens is 3. The van der Waals surface area contributed by atoms with Gasteiger partial charge in [-0.3, -0.25) is 0 Å². The van der Waals surface area contributed by atoms with E-state index in [4.69, 9.17) is 16.3 Å². The van der Waals surface area contributed by atoms with Crippen LogP contribution in [-0.4, -0.2) is 32.8 Å². The van der Waals surface area contributed by atoms with Gasteiger partial charge in [0, 0.05) is 19.4 Å². The summed E-state index contributed by atoms with van der Waals surface area (Å²) in [5.74, 6) is -2.04. The molecule has 0 spiro atoms. The number of ether oxygens (including phenoxy) is 1. The van der Waals surface area contributed by atoms with Gasteiger partial charge in [-0.25, -0.2) is 8.78 Å². The van der Waals surface area contributed by atoms with Crippen molar-refractivity contribution in [2.24, 2.45) is 0 Å². The second kappa shape index (κ2) is 5.51. The van der Waals surface area contributed by atoms with Crippen LogP contribution in [0.3, 0.4) is 0 Å². The van der Waals surface area contributed by atoms with Crippen molar-refractivity contribution in [3.63, 3.8) is 0 Å². The number of methoxy groups -OCH3 is 1. The van der Waals surface area contributed by atoms with Crippen molar-refractivity contribution in [1.82, 2.24) is 5.32 Å². The molecule has 19 heavy (non-hydrogen) atoms. The molecule has 1 aromatic carbocycles. The molecule has 1 unspecified atom stereocenters. The minimum Gasteiger partial charge on any atom is -0.495 e. The first-order chi connectivity index (χ1) is 8.98. The summed E-state index contributed by atoms with van der Waals surface area (Å²) in [6.45, 7) is 0.235. The lowest BCUT2D eigenvalue weighted by molar-refractivity contribution is -0.0366. The van der Waals surface area contributed by atoms with Gasteiger partial charge in [0.15, 0.2) is 0 Å². The van der Waals surface area contributed by atoms with Gasteiger partial charge in [0.2, 0.25) is 0 Å². The molecule has 2 rings (SSSR count). The predicted molar refractivity (Wildman–Crippen MR) is 72.4 cm³/mol. The molecule has 1 fully saturated rings. The first kappa shape index (κ1) is 14.3. The molecule has 1 aromatic rings. The van der Waals surface area contributed by atoms with E-state index in [1.807, 2.05) is 4.90 Å². The Morgan fingerprint density at radius 1 is 1.47 bits per heavy atom. The average Bonchev–Trinajstić information content (AvgIpc) is 2.38. The third-order valence-corrected chi connectivity index (χ3v) is 3.68. The summed E-state index contributed by atoms with van der Waals surface area (Å²) in [6, 6.07) is 5.29. The third-order valence-electron chi connectivity index (χ3n) is 3.38. The lowest BCUT2D eigenvalue weighted by Crippen LogP contribution is -2.53. The molecule has 1 atom stereocenters. The number of anilines is 1. The molecule has 3 nitrogen and oxygen atoms in total. The normalized spacial score (nSPS) is 22.4. The van der Waals surface area contributed by atoms with Crippen LogP contribution in [-0.2, 0) is 0 Å². The van der Waals surface area contributed by atoms with E-state index in [0.717, 1.165) is 0 Å². The van der Waals surface area contributed by atoms with Crippen LogP contribution in [0.15, 0.2) is 18.2 Å². The topological polar surface area (TPSA) is 24.5 Å². The summed E-state index contributed by atoms with van der Waals surface area (Å²) >= 11 is 6.20. The van der Waals surface area contributed by atoms with Gasteiger partial charge in [-0.05, 0) is 19.2 Å². The monoisotopic (exact) mass is 290 g/mol. The van der Waals surface area contributed by atoms with Crippen molar-refractivity contribution in [1.29, 1.82) is 0 Å². The van der Waals surface area contributed by atoms with Gasteiger partial charge in [0.05, 0.1) is 24.0 Å². The van der Waals surface area contributed by atoms with Crippen LogP contribution < -0.4 is 15.0 Å². The van der Waals surface area contributed by atoms with Gasteiger partial charge in [-0.15, -0.1) is 0 Å². The zero-order valence-corrected chi connectivity index (χ0v) is 11.7. The molecule has 1 saturated heterocycles. The number of piperidine rings is 1. The quantitative estimate of drug-likeness (QED) is 0.926. The predicted octanol–water partition coefficient (Wildman–Crippen LogP) is 3.13. The fraction of sp³-hybridized carbons (Fsp3) is 0.538. The Kier molecular flexibility index (Phi) is 4.16. The Balaban J connectivity index is 2.36. The van der Waals surface area contributed by atoms with Gasteiger partial charge in [0.25, 0.3) is 5.92 Å². The van der Waals surface area contributed by atoms with Crippen LogP contribution in [0.2, 0.25) is 5.02 Å². The Hall–Kier alpha value is -1.07. The maximum absolute atomic E-state index is 13.5. The molecule has 1 aliphatic heterocycles. The highest BCUT2D eigenvalue weighted by Crippen LogP contribution is 2.41. The number of para-hydroxylation sites is 1. The highest BCUT2D eigenvalue weighted by molar-refractivity contribution is 6.33. The number of hydrogen-bond donors (Lipinski definition) is 1. The molecule has 0 aromatic heterocycles.